The molecule has 0 spiro atoms. The summed E-state index contributed by atoms with van der Waals surface area (Å²) < 4.78 is 8.69. The number of ether oxygens (including phenoxy) is 1. The van der Waals surface area contributed by atoms with Gasteiger partial charge in [-0.05, 0) is 105 Å². The highest BCUT2D eigenvalue weighted by molar-refractivity contribution is 5.89. The van der Waals surface area contributed by atoms with Gasteiger partial charge < -0.3 is 25.2 Å². The Balaban J connectivity index is 1.18. The maximum Gasteiger partial charge on any atom is 0.319 e. The number of carbonyl (C=O) groups is 1. The molecular weight excluding hydrogens is 562 g/mol. The van der Waals surface area contributed by atoms with E-state index in [1.165, 1.54) is 24.0 Å². The van der Waals surface area contributed by atoms with Crippen LogP contribution in [0.3, 0.4) is 0 Å². The molecule has 2 aliphatic rings. The normalized spacial score (nSPS) is 20.2. The molecular formula is C36H47N7O2. The van der Waals surface area contributed by atoms with Crippen LogP contribution in [0.25, 0.3) is 5.65 Å². The second kappa shape index (κ2) is 12.7. The van der Waals surface area contributed by atoms with E-state index in [4.69, 9.17) is 4.74 Å². The number of amides is 2. The number of fused-ring (bicyclic) bond motifs is 2. The van der Waals surface area contributed by atoms with E-state index in [-0.39, 0.29) is 23.6 Å². The first kappa shape index (κ1) is 30.9. The zero-order valence-electron chi connectivity index (χ0n) is 27.5. The standard InChI is InChI=1S/C36H47N7O2/c1-24-11-9-10-18-42(24)35-40-39-33-17-14-28(23-43(33)35)45-32-16-15-31(29-12-7-8-13-30(29)32)38-34(44)37-27-20-25(22-41(5)6)19-26(21-27)36(2,3)4/h7-8,12-14,17,19-21,23-24,31-32H,9-11,15-16,18,22H2,1-6H3,(H2,37,38,44)/t24?,31-,32+/m0/s1. The van der Waals surface area contributed by atoms with Crippen LogP contribution in [0.5, 0.6) is 5.75 Å². The Morgan fingerprint density at radius 1 is 1.00 bits per heavy atom. The molecule has 9 heteroatoms. The third-order valence-electron chi connectivity index (χ3n) is 9.05. The molecule has 2 aromatic heterocycles. The van der Waals surface area contributed by atoms with E-state index >= 15 is 0 Å². The molecule has 238 valence electrons. The Morgan fingerprint density at radius 3 is 2.56 bits per heavy atom. The number of piperidine rings is 1. The van der Waals surface area contributed by atoms with Gasteiger partial charge in [-0.3, -0.25) is 4.40 Å². The summed E-state index contributed by atoms with van der Waals surface area (Å²) in [6, 6.07) is 18.7. The lowest BCUT2D eigenvalue weighted by Gasteiger charge is -2.33. The van der Waals surface area contributed by atoms with Gasteiger partial charge in [-0.25, -0.2) is 4.79 Å². The van der Waals surface area contributed by atoms with Crippen LogP contribution < -0.4 is 20.3 Å². The van der Waals surface area contributed by atoms with E-state index in [0.717, 1.165) is 66.5 Å². The topological polar surface area (TPSA) is 87.0 Å². The van der Waals surface area contributed by atoms with Gasteiger partial charge in [-0.15, -0.1) is 10.2 Å². The van der Waals surface area contributed by atoms with Crippen molar-refractivity contribution in [3.8, 4) is 5.75 Å². The van der Waals surface area contributed by atoms with Gasteiger partial charge >= 0.3 is 6.03 Å². The highest BCUT2D eigenvalue weighted by atomic mass is 16.5. The van der Waals surface area contributed by atoms with Crippen LogP contribution in [0.2, 0.25) is 0 Å². The molecule has 2 aromatic carbocycles. The summed E-state index contributed by atoms with van der Waals surface area (Å²) in [6.45, 7) is 10.6. The first-order chi connectivity index (χ1) is 21.5. The molecule has 1 aliphatic heterocycles. The van der Waals surface area contributed by atoms with E-state index < -0.39 is 0 Å². The number of rotatable bonds is 7. The lowest BCUT2D eigenvalue weighted by atomic mass is 9.85. The molecule has 0 radical (unpaired) electrons. The average molecular weight is 610 g/mol. The average Bonchev–Trinajstić information content (AvgIpc) is 3.41. The largest absolute Gasteiger partial charge is 0.484 e. The Labute approximate surface area is 267 Å². The van der Waals surface area contributed by atoms with Crippen LogP contribution in [-0.4, -0.2) is 52.2 Å². The van der Waals surface area contributed by atoms with Crippen LogP contribution in [-0.2, 0) is 12.0 Å². The van der Waals surface area contributed by atoms with E-state index in [1.54, 1.807) is 0 Å². The predicted octanol–water partition coefficient (Wildman–Crippen LogP) is 7.24. The van der Waals surface area contributed by atoms with E-state index in [9.17, 15) is 4.79 Å². The van der Waals surface area contributed by atoms with Crippen LogP contribution in [0.15, 0.2) is 60.8 Å². The molecule has 0 saturated carbocycles. The quantitative estimate of drug-likeness (QED) is 0.230. The number of anilines is 2. The molecule has 1 aliphatic carbocycles. The second-order valence-corrected chi connectivity index (χ2v) is 14.0. The minimum absolute atomic E-state index is 0.0288. The molecule has 3 atom stereocenters. The maximum atomic E-state index is 13.4. The Bertz CT molecular complexity index is 1660. The minimum atomic E-state index is -0.200. The monoisotopic (exact) mass is 609 g/mol. The number of aromatic nitrogens is 3. The molecule has 6 rings (SSSR count). The summed E-state index contributed by atoms with van der Waals surface area (Å²) >= 11 is 0. The van der Waals surface area contributed by atoms with Gasteiger partial charge in [0.1, 0.15) is 11.9 Å². The van der Waals surface area contributed by atoms with Crippen LogP contribution >= 0.6 is 0 Å². The van der Waals surface area contributed by atoms with Crippen molar-refractivity contribution in [3.63, 3.8) is 0 Å². The van der Waals surface area contributed by atoms with Gasteiger partial charge in [-0.2, -0.15) is 0 Å². The van der Waals surface area contributed by atoms with Crippen molar-refractivity contribution in [2.45, 2.75) is 89.9 Å². The number of benzene rings is 2. The fourth-order valence-corrected chi connectivity index (χ4v) is 6.69. The maximum absolute atomic E-state index is 13.4. The van der Waals surface area contributed by atoms with E-state index in [0.29, 0.717) is 6.04 Å². The molecule has 2 amide bonds. The van der Waals surface area contributed by atoms with Gasteiger partial charge in [0.2, 0.25) is 5.95 Å². The van der Waals surface area contributed by atoms with Crippen LogP contribution in [0.1, 0.15) is 94.2 Å². The molecule has 1 unspecified atom stereocenters. The fraction of sp³-hybridized carbons (Fsp3) is 0.472. The number of nitrogens with one attached hydrogen (secondary N) is 2. The summed E-state index contributed by atoms with van der Waals surface area (Å²) in [5, 5.41) is 15.3. The Kier molecular flexibility index (Phi) is 8.73. The lowest BCUT2D eigenvalue weighted by molar-refractivity contribution is 0.171. The summed E-state index contributed by atoms with van der Waals surface area (Å²) in [7, 11) is 4.11. The molecule has 2 N–H and O–H groups in total. The summed E-state index contributed by atoms with van der Waals surface area (Å²) in [5.74, 6) is 1.66. The molecule has 1 saturated heterocycles. The summed E-state index contributed by atoms with van der Waals surface area (Å²) in [4.78, 5) is 17.9. The zero-order chi connectivity index (χ0) is 31.7. The van der Waals surface area contributed by atoms with Gasteiger partial charge in [-0.1, -0.05) is 51.1 Å². The van der Waals surface area contributed by atoms with Gasteiger partial charge in [0, 0.05) is 24.8 Å². The SMILES string of the molecule is CC1CCCCN1c1nnc2ccc(O[C@@H]3CC[C@H](NC(=O)Nc4cc(CN(C)C)cc(C(C)(C)C)c4)c4ccccc43)cn12. The highest BCUT2D eigenvalue weighted by Crippen LogP contribution is 2.39. The number of nitrogens with zero attached hydrogens (tertiary/aromatic N) is 5. The van der Waals surface area contributed by atoms with E-state index in [1.807, 2.05) is 30.5 Å². The van der Waals surface area contributed by atoms with Crippen molar-refractivity contribution >= 4 is 23.3 Å². The Morgan fingerprint density at radius 2 is 1.80 bits per heavy atom. The number of hydrogen-bond donors (Lipinski definition) is 2. The number of carbonyl (C=O) groups excluding carboxylic acids is 1. The van der Waals surface area contributed by atoms with Crippen molar-refractivity contribution in [1.29, 1.82) is 0 Å². The van der Waals surface area contributed by atoms with Crippen molar-refractivity contribution in [1.82, 2.24) is 24.8 Å². The number of urea groups is 1. The van der Waals surface area contributed by atoms with Crippen molar-refractivity contribution in [3.05, 3.63) is 83.0 Å². The van der Waals surface area contributed by atoms with Crippen LogP contribution in [0.4, 0.5) is 16.4 Å². The van der Waals surface area contributed by atoms with Gasteiger partial charge in [0.05, 0.1) is 12.2 Å². The molecule has 9 nitrogen and oxygen atoms in total. The number of hydrogen-bond acceptors (Lipinski definition) is 6. The predicted molar refractivity (Wildman–Crippen MR) is 180 cm³/mol. The second-order valence-electron chi connectivity index (χ2n) is 14.0. The smallest absolute Gasteiger partial charge is 0.319 e. The van der Waals surface area contributed by atoms with Crippen molar-refractivity contribution in [2.75, 3.05) is 30.9 Å². The highest BCUT2D eigenvalue weighted by Gasteiger charge is 2.30. The van der Waals surface area contributed by atoms with Crippen molar-refractivity contribution in [2.24, 2.45) is 0 Å². The van der Waals surface area contributed by atoms with Gasteiger partial charge in [0.15, 0.2) is 5.65 Å². The Hall–Kier alpha value is -4.11. The molecule has 4 aromatic rings. The zero-order valence-corrected chi connectivity index (χ0v) is 27.5. The summed E-state index contributed by atoms with van der Waals surface area (Å²) in [5.41, 5.74) is 6.16. The molecule has 0 bridgehead atoms. The van der Waals surface area contributed by atoms with Gasteiger partial charge in [0.25, 0.3) is 0 Å². The molecule has 1 fully saturated rings. The van der Waals surface area contributed by atoms with E-state index in [2.05, 4.69) is 107 Å². The fourth-order valence-electron chi connectivity index (χ4n) is 6.69. The molecule has 3 heterocycles. The minimum Gasteiger partial charge on any atom is -0.484 e. The third-order valence-corrected chi connectivity index (χ3v) is 9.05. The number of pyridine rings is 1. The lowest BCUT2D eigenvalue weighted by Crippen LogP contribution is -2.38. The first-order valence-corrected chi connectivity index (χ1v) is 16.3. The third kappa shape index (κ3) is 6.93. The molecule has 45 heavy (non-hydrogen) atoms. The summed E-state index contributed by atoms with van der Waals surface area (Å²) in [6.07, 6.45) is 7.04. The first-order valence-electron chi connectivity index (χ1n) is 16.3. The van der Waals surface area contributed by atoms with Crippen LogP contribution in [0, 0.1) is 0 Å². The van der Waals surface area contributed by atoms with Crippen molar-refractivity contribution < 1.29 is 9.53 Å².